The van der Waals surface area contributed by atoms with Crippen LogP contribution in [0, 0.1) is 6.92 Å². The fourth-order valence-electron chi connectivity index (χ4n) is 2.99. The number of aromatic nitrogens is 1. The lowest BCUT2D eigenvalue weighted by Gasteiger charge is -2.11. The summed E-state index contributed by atoms with van der Waals surface area (Å²) in [6, 6.07) is 13.7. The van der Waals surface area contributed by atoms with Crippen molar-refractivity contribution < 1.29 is 5.11 Å². The van der Waals surface area contributed by atoms with Crippen LogP contribution in [0.25, 0.3) is 10.9 Å². The Morgan fingerprint density at radius 2 is 2.04 bits per heavy atom. The first-order valence-corrected chi connectivity index (χ1v) is 9.02. The summed E-state index contributed by atoms with van der Waals surface area (Å²) in [5.74, 6) is 1.05. The molecule has 1 heterocycles. The summed E-state index contributed by atoms with van der Waals surface area (Å²) in [6.07, 6.45) is 3.00. The number of H-pyrrole nitrogens is 1. The predicted octanol–water partition coefficient (Wildman–Crippen LogP) is 3.48. The van der Waals surface area contributed by atoms with Crippen molar-refractivity contribution in [3.8, 4) is 5.75 Å². The van der Waals surface area contributed by atoms with Gasteiger partial charge in [-0.3, -0.25) is 0 Å². The van der Waals surface area contributed by atoms with Gasteiger partial charge in [-0.05, 0) is 55.2 Å². The Bertz CT molecular complexity index is 898. The second-order valence-electron chi connectivity index (χ2n) is 6.40. The molecule has 0 spiro atoms. The molecule has 0 aliphatic carbocycles. The van der Waals surface area contributed by atoms with Gasteiger partial charge in [0.25, 0.3) is 0 Å². The molecule has 0 aliphatic heterocycles. The van der Waals surface area contributed by atoms with E-state index in [2.05, 4.69) is 51.9 Å². The van der Waals surface area contributed by atoms with E-state index >= 15 is 0 Å². The van der Waals surface area contributed by atoms with E-state index in [1.807, 2.05) is 19.1 Å². The van der Waals surface area contributed by atoms with Crippen LogP contribution in [-0.2, 0) is 13.0 Å². The number of aryl methyl sites for hydroxylation is 1. The smallest absolute Gasteiger partial charge is 0.191 e. The topological polar surface area (TPSA) is 72.4 Å². The Morgan fingerprint density at radius 1 is 1.15 bits per heavy atom. The van der Waals surface area contributed by atoms with Crippen molar-refractivity contribution in [2.24, 2.45) is 4.99 Å². The molecule has 5 nitrogen and oxygen atoms in total. The van der Waals surface area contributed by atoms with Crippen LogP contribution in [0.15, 0.2) is 53.7 Å². The average molecular weight is 350 g/mol. The zero-order chi connectivity index (χ0) is 18.4. The van der Waals surface area contributed by atoms with Gasteiger partial charge in [0.15, 0.2) is 5.96 Å². The summed E-state index contributed by atoms with van der Waals surface area (Å²) < 4.78 is 0. The molecule has 26 heavy (non-hydrogen) atoms. The van der Waals surface area contributed by atoms with Gasteiger partial charge in [0.05, 0.1) is 6.54 Å². The SMILES string of the molecule is CCNC(=NCc1cccc(O)c1)NCCc1c[nH]c2cc(C)ccc12. The van der Waals surface area contributed by atoms with Crippen molar-refractivity contribution in [2.45, 2.75) is 26.8 Å². The Balaban J connectivity index is 1.60. The molecule has 0 aliphatic rings. The molecule has 136 valence electrons. The fourth-order valence-corrected chi connectivity index (χ4v) is 2.99. The molecule has 0 radical (unpaired) electrons. The third-order valence-electron chi connectivity index (χ3n) is 4.28. The van der Waals surface area contributed by atoms with Crippen LogP contribution in [-0.4, -0.2) is 29.1 Å². The molecule has 4 N–H and O–H groups in total. The van der Waals surface area contributed by atoms with Crippen LogP contribution in [0.1, 0.15) is 23.6 Å². The minimum absolute atomic E-state index is 0.269. The molecule has 0 fully saturated rings. The average Bonchev–Trinajstić information content (AvgIpc) is 3.02. The molecule has 0 saturated carbocycles. The van der Waals surface area contributed by atoms with Crippen molar-refractivity contribution >= 4 is 16.9 Å². The van der Waals surface area contributed by atoms with Gasteiger partial charge in [0.1, 0.15) is 5.75 Å². The fraction of sp³-hybridized carbons (Fsp3) is 0.286. The zero-order valence-electron chi connectivity index (χ0n) is 15.3. The summed E-state index contributed by atoms with van der Waals surface area (Å²) in [6.45, 7) is 6.28. The van der Waals surface area contributed by atoms with Crippen molar-refractivity contribution in [3.05, 3.63) is 65.4 Å². The minimum atomic E-state index is 0.269. The van der Waals surface area contributed by atoms with Gasteiger partial charge in [-0.2, -0.15) is 0 Å². The second kappa shape index (κ2) is 8.43. The highest BCUT2D eigenvalue weighted by molar-refractivity contribution is 5.84. The van der Waals surface area contributed by atoms with E-state index in [0.29, 0.717) is 6.54 Å². The first kappa shape index (κ1) is 17.9. The molecule has 3 aromatic rings. The molecule has 5 heteroatoms. The largest absolute Gasteiger partial charge is 0.508 e. The number of aliphatic imine (C=N–C) groups is 1. The van der Waals surface area contributed by atoms with E-state index in [1.165, 1.54) is 22.0 Å². The van der Waals surface area contributed by atoms with Gasteiger partial charge in [0, 0.05) is 30.2 Å². The molecule has 2 aromatic carbocycles. The van der Waals surface area contributed by atoms with E-state index in [1.54, 1.807) is 12.1 Å². The summed E-state index contributed by atoms with van der Waals surface area (Å²) in [4.78, 5) is 7.94. The number of guanidine groups is 1. The maximum atomic E-state index is 9.55. The Morgan fingerprint density at radius 3 is 2.85 bits per heavy atom. The maximum Gasteiger partial charge on any atom is 0.191 e. The number of nitrogens with zero attached hydrogens (tertiary/aromatic N) is 1. The third kappa shape index (κ3) is 4.57. The van der Waals surface area contributed by atoms with Gasteiger partial charge >= 0.3 is 0 Å². The van der Waals surface area contributed by atoms with Gasteiger partial charge in [-0.25, -0.2) is 4.99 Å². The molecule has 3 rings (SSSR count). The Hall–Kier alpha value is -2.95. The van der Waals surface area contributed by atoms with Crippen LogP contribution >= 0.6 is 0 Å². The van der Waals surface area contributed by atoms with Crippen molar-refractivity contribution in [1.82, 2.24) is 15.6 Å². The highest BCUT2D eigenvalue weighted by Crippen LogP contribution is 2.19. The lowest BCUT2D eigenvalue weighted by Crippen LogP contribution is -2.38. The van der Waals surface area contributed by atoms with Crippen LogP contribution in [0.3, 0.4) is 0 Å². The van der Waals surface area contributed by atoms with Crippen LogP contribution in [0.2, 0.25) is 0 Å². The molecule has 1 aromatic heterocycles. The zero-order valence-corrected chi connectivity index (χ0v) is 15.3. The van der Waals surface area contributed by atoms with Crippen molar-refractivity contribution in [1.29, 1.82) is 0 Å². The molecular weight excluding hydrogens is 324 g/mol. The van der Waals surface area contributed by atoms with Gasteiger partial charge in [0.2, 0.25) is 0 Å². The van der Waals surface area contributed by atoms with Gasteiger partial charge in [-0.1, -0.05) is 24.3 Å². The number of phenolic OH excluding ortho intramolecular Hbond substituents is 1. The van der Waals surface area contributed by atoms with Gasteiger partial charge in [-0.15, -0.1) is 0 Å². The number of hydrogen-bond acceptors (Lipinski definition) is 2. The summed E-state index contributed by atoms with van der Waals surface area (Å²) in [7, 11) is 0. The quantitative estimate of drug-likeness (QED) is 0.406. The third-order valence-corrected chi connectivity index (χ3v) is 4.28. The first-order chi connectivity index (χ1) is 12.7. The monoisotopic (exact) mass is 350 g/mol. The minimum Gasteiger partial charge on any atom is -0.508 e. The van der Waals surface area contributed by atoms with Gasteiger partial charge < -0.3 is 20.7 Å². The van der Waals surface area contributed by atoms with E-state index in [9.17, 15) is 5.11 Å². The lowest BCUT2D eigenvalue weighted by molar-refractivity contribution is 0.474. The highest BCUT2D eigenvalue weighted by atomic mass is 16.3. The Kier molecular flexibility index (Phi) is 5.79. The number of hydrogen-bond donors (Lipinski definition) is 4. The lowest BCUT2D eigenvalue weighted by atomic mass is 10.1. The summed E-state index contributed by atoms with van der Waals surface area (Å²) in [5, 5.41) is 17.5. The van der Waals surface area contributed by atoms with Crippen LogP contribution in [0.4, 0.5) is 0 Å². The maximum absolute atomic E-state index is 9.55. The molecule has 0 unspecified atom stereocenters. The number of fused-ring (bicyclic) bond motifs is 1. The molecule has 0 bridgehead atoms. The summed E-state index contributed by atoms with van der Waals surface area (Å²) >= 11 is 0. The van der Waals surface area contributed by atoms with Crippen molar-refractivity contribution in [2.75, 3.05) is 13.1 Å². The highest BCUT2D eigenvalue weighted by Gasteiger charge is 2.04. The molecule has 0 atom stereocenters. The standard InChI is InChI=1S/C21H26N4O/c1-3-22-21(25-13-16-5-4-6-18(26)12-16)23-10-9-17-14-24-20-11-15(2)7-8-19(17)20/h4-8,11-12,14,24,26H,3,9-10,13H2,1-2H3,(H2,22,23,25). The van der Waals surface area contributed by atoms with Crippen LogP contribution in [0.5, 0.6) is 5.75 Å². The van der Waals surface area contributed by atoms with E-state index < -0.39 is 0 Å². The van der Waals surface area contributed by atoms with Crippen LogP contribution < -0.4 is 10.6 Å². The molecule has 0 saturated heterocycles. The number of rotatable bonds is 6. The number of benzene rings is 2. The van der Waals surface area contributed by atoms with E-state index in [4.69, 9.17) is 0 Å². The van der Waals surface area contributed by atoms with E-state index in [0.717, 1.165) is 31.0 Å². The summed E-state index contributed by atoms with van der Waals surface area (Å²) in [5.41, 5.74) is 4.73. The first-order valence-electron chi connectivity index (χ1n) is 9.02. The van der Waals surface area contributed by atoms with Crippen molar-refractivity contribution in [3.63, 3.8) is 0 Å². The number of phenols is 1. The molecular formula is C21H26N4O. The Labute approximate surface area is 154 Å². The number of aromatic hydroxyl groups is 1. The number of aromatic amines is 1. The predicted molar refractivity (Wildman–Crippen MR) is 108 cm³/mol. The van der Waals surface area contributed by atoms with E-state index in [-0.39, 0.29) is 5.75 Å². The normalized spacial score (nSPS) is 11.7. The molecule has 0 amide bonds. The number of nitrogens with one attached hydrogen (secondary N) is 3. The second-order valence-corrected chi connectivity index (χ2v) is 6.40.